The fourth-order valence-corrected chi connectivity index (χ4v) is 0.539. The largest absolute Gasteiger partial charge is 0.478 e. The van der Waals surface area contributed by atoms with Crippen molar-refractivity contribution < 1.29 is 15.7 Å². The van der Waals surface area contributed by atoms with E-state index in [4.69, 9.17) is 6.48 Å². The van der Waals surface area contributed by atoms with Gasteiger partial charge in [-0.15, -0.1) is 0 Å². The normalized spacial score (nSPS) is 10.7. The van der Waals surface area contributed by atoms with E-state index in [1.165, 1.54) is 0 Å². The second-order valence-corrected chi connectivity index (χ2v) is 1.73. The first-order valence-electron chi connectivity index (χ1n) is 3.10. The number of carboxylic acid groups (broad SMARTS) is 1. The van der Waals surface area contributed by atoms with Crippen molar-refractivity contribution in [3.8, 4) is 0 Å². The lowest BCUT2D eigenvalue weighted by Crippen LogP contribution is -1.94. The Balaban J connectivity index is 3.15. The number of halogens is 1. The van der Waals surface area contributed by atoms with E-state index in [1.807, 2.05) is 0 Å². The molecule has 0 saturated heterocycles. The number of rotatable bonds is 1. The molecule has 0 aliphatic heterocycles. The van der Waals surface area contributed by atoms with Crippen LogP contribution in [0.5, 0.6) is 0 Å². The molecule has 0 saturated carbocycles. The van der Waals surface area contributed by atoms with Crippen LogP contribution in [0.25, 0.3) is 0 Å². The fourth-order valence-electron chi connectivity index (χ4n) is 0.539. The van der Waals surface area contributed by atoms with Crippen LogP contribution in [-0.4, -0.2) is 11.1 Å². The third-order valence-corrected chi connectivity index (χ3v) is 1.02. The molecule has 1 rings (SSSR count). The van der Waals surface area contributed by atoms with E-state index in [2.05, 4.69) is 0 Å². The Morgan fingerprint density at radius 1 is 1.60 bits per heavy atom. The molecule has 1 aromatic carbocycles. The van der Waals surface area contributed by atoms with E-state index < -0.39 is 17.8 Å². The number of hydrogen-bond donors (Lipinski definition) is 1. The highest BCUT2D eigenvalue weighted by atomic mass is 19.1. The standard InChI is InChI=1S/C7H5FO2/c8-6-3-1-5(2-4-6)7(9)10/h1-4H,(H,9,10)/i3D. The summed E-state index contributed by atoms with van der Waals surface area (Å²) in [4.78, 5) is 10.3. The average Bonchev–Trinajstić information content (AvgIpc) is 1.94. The van der Waals surface area contributed by atoms with Gasteiger partial charge >= 0.3 is 5.97 Å². The summed E-state index contributed by atoms with van der Waals surface area (Å²) in [6.45, 7) is 0. The van der Waals surface area contributed by atoms with Crippen molar-refractivity contribution in [2.45, 2.75) is 0 Å². The third kappa shape index (κ3) is 1.31. The molecule has 0 heterocycles. The topological polar surface area (TPSA) is 37.3 Å². The van der Waals surface area contributed by atoms with E-state index in [0.29, 0.717) is 0 Å². The minimum absolute atomic E-state index is 0.0728. The number of carboxylic acids is 1. The van der Waals surface area contributed by atoms with Crippen LogP contribution in [0.1, 0.15) is 11.7 Å². The van der Waals surface area contributed by atoms with E-state index in [-0.39, 0.29) is 5.56 Å². The number of hydrogen-bond acceptors (Lipinski definition) is 1. The molecule has 0 fully saturated rings. The summed E-state index contributed by atoms with van der Waals surface area (Å²) in [6, 6.07) is 2.66. The summed E-state index contributed by atoms with van der Waals surface area (Å²) in [5.41, 5.74) is -0.0728. The van der Waals surface area contributed by atoms with Gasteiger partial charge in [-0.3, -0.25) is 0 Å². The van der Waals surface area contributed by atoms with E-state index in [0.717, 1.165) is 18.2 Å². The zero-order chi connectivity index (χ0) is 8.43. The van der Waals surface area contributed by atoms with Gasteiger partial charge in [0.25, 0.3) is 0 Å². The molecule has 0 aliphatic carbocycles. The van der Waals surface area contributed by atoms with Gasteiger partial charge in [0.2, 0.25) is 0 Å². The highest BCUT2D eigenvalue weighted by molar-refractivity contribution is 5.87. The molecule has 1 aromatic rings. The monoisotopic (exact) mass is 141 g/mol. The predicted molar refractivity (Wildman–Crippen MR) is 33.4 cm³/mol. The van der Waals surface area contributed by atoms with Crippen LogP contribution < -0.4 is 0 Å². The van der Waals surface area contributed by atoms with Crippen LogP contribution in [0.4, 0.5) is 4.39 Å². The Hall–Kier alpha value is -1.38. The van der Waals surface area contributed by atoms with Crippen molar-refractivity contribution in [1.29, 1.82) is 0 Å². The average molecular weight is 141 g/mol. The summed E-state index contributed by atoms with van der Waals surface area (Å²) in [5, 5.41) is 8.39. The third-order valence-electron chi connectivity index (χ3n) is 1.02. The van der Waals surface area contributed by atoms with Crippen LogP contribution in [0.2, 0.25) is 0 Å². The molecule has 0 unspecified atom stereocenters. The van der Waals surface area contributed by atoms with E-state index >= 15 is 0 Å². The van der Waals surface area contributed by atoms with Crippen LogP contribution >= 0.6 is 0 Å². The van der Waals surface area contributed by atoms with Gasteiger partial charge in [0.15, 0.2) is 0 Å². The van der Waals surface area contributed by atoms with Gasteiger partial charge in [-0.1, -0.05) is 0 Å². The maximum absolute atomic E-state index is 12.4. The van der Waals surface area contributed by atoms with Crippen molar-refractivity contribution in [3.63, 3.8) is 0 Å². The molecule has 0 spiro atoms. The Morgan fingerprint density at radius 3 is 2.80 bits per heavy atom. The number of carbonyl (C=O) groups is 1. The van der Waals surface area contributed by atoms with Gasteiger partial charge in [-0.05, 0) is 24.2 Å². The Bertz CT molecular complexity index is 298. The molecule has 0 amide bonds. The summed E-state index contributed by atoms with van der Waals surface area (Å²) < 4.78 is 19.3. The van der Waals surface area contributed by atoms with Crippen LogP contribution in [0.3, 0.4) is 0 Å². The summed E-state index contributed by atoms with van der Waals surface area (Å²) in [7, 11) is 0. The molecular formula is C7H5FO2. The fraction of sp³-hybridized carbons (Fsp3) is 0. The summed E-state index contributed by atoms with van der Waals surface area (Å²) in [5.74, 6) is -1.87. The Morgan fingerprint density at radius 2 is 2.30 bits per heavy atom. The second kappa shape index (κ2) is 2.47. The minimum atomic E-state index is -1.15. The quantitative estimate of drug-likeness (QED) is 0.643. The highest BCUT2D eigenvalue weighted by Crippen LogP contribution is 2.01. The molecular weight excluding hydrogens is 135 g/mol. The van der Waals surface area contributed by atoms with Crippen molar-refractivity contribution in [2.75, 3.05) is 0 Å². The molecule has 3 heteroatoms. The lowest BCUT2D eigenvalue weighted by atomic mass is 10.2. The van der Waals surface area contributed by atoms with Crippen molar-refractivity contribution in [3.05, 3.63) is 35.6 Å². The van der Waals surface area contributed by atoms with Gasteiger partial charge in [-0.25, -0.2) is 9.18 Å². The first-order chi connectivity index (χ1) is 5.11. The smallest absolute Gasteiger partial charge is 0.335 e. The van der Waals surface area contributed by atoms with Gasteiger partial charge in [0.1, 0.15) is 5.82 Å². The van der Waals surface area contributed by atoms with Crippen molar-refractivity contribution in [1.82, 2.24) is 0 Å². The molecule has 0 radical (unpaired) electrons. The SMILES string of the molecule is [2H]c1cc(C(=O)O)ccc1F. The molecule has 1 N–H and O–H groups in total. The van der Waals surface area contributed by atoms with Gasteiger partial charge in [-0.2, -0.15) is 0 Å². The second-order valence-electron chi connectivity index (χ2n) is 1.73. The predicted octanol–water partition coefficient (Wildman–Crippen LogP) is 1.52. The number of benzene rings is 1. The maximum atomic E-state index is 12.4. The highest BCUT2D eigenvalue weighted by Gasteiger charge is 1.99. The van der Waals surface area contributed by atoms with Crippen LogP contribution in [0.15, 0.2) is 24.2 Å². The molecule has 2 nitrogen and oxygen atoms in total. The molecule has 0 bridgehead atoms. The first-order valence-corrected chi connectivity index (χ1v) is 2.60. The molecule has 0 aliphatic rings. The molecule has 0 atom stereocenters. The van der Waals surface area contributed by atoms with Crippen molar-refractivity contribution >= 4 is 5.97 Å². The zero-order valence-corrected chi connectivity index (χ0v) is 4.97. The maximum Gasteiger partial charge on any atom is 0.335 e. The Labute approximate surface area is 58.3 Å². The lowest BCUT2D eigenvalue weighted by Gasteiger charge is -1.90. The van der Waals surface area contributed by atoms with E-state index in [1.54, 1.807) is 0 Å². The Kier molecular flexibility index (Phi) is 1.34. The molecule has 52 valence electrons. The van der Waals surface area contributed by atoms with Gasteiger partial charge in [0, 0.05) is 0 Å². The van der Waals surface area contributed by atoms with Gasteiger partial charge < -0.3 is 5.11 Å². The molecule has 0 aromatic heterocycles. The minimum Gasteiger partial charge on any atom is -0.478 e. The van der Waals surface area contributed by atoms with Crippen LogP contribution in [-0.2, 0) is 0 Å². The molecule has 10 heavy (non-hydrogen) atoms. The first kappa shape index (κ1) is 5.41. The lowest BCUT2D eigenvalue weighted by molar-refractivity contribution is 0.0697. The van der Waals surface area contributed by atoms with E-state index in [9.17, 15) is 9.18 Å². The van der Waals surface area contributed by atoms with Crippen molar-refractivity contribution in [2.24, 2.45) is 0 Å². The van der Waals surface area contributed by atoms with Crippen LogP contribution in [0, 0.1) is 5.82 Å². The summed E-state index contributed by atoms with van der Waals surface area (Å²) in [6.07, 6.45) is 0. The number of aromatic carboxylic acids is 1. The summed E-state index contributed by atoms with van der Waals surface area (Å²) >= 11 is 0. The zero-order valence-electron chi connectivity index (χ0n) is 5.97. The van der Waals surface area contributed by atoms with Gasteiger partial charge in [0.05, 0.1) is 6.93 Å².